The minimum Gasteiger partial charge on any atom is -0.486 e. The summed E-state index contributed by atoms with van der Waals surface area (Å²) in [7, 11) is -3.48. The van der Waals surface area contributed by atoms with Gasteiger partial charge in [-0.1, -0.05) is 24.3 Å². The molecule has 3 aromatic rings. The van der Waals surface area contributed by atoms with E-state index in [0.29, 0.717) is 24.7 Å². The van der Waals surface area contributed by atoms with E-state index in [2.05, 4.69) is 20.6 Å². The predicted molar refractivity (Wildman–Crippen MR) is 132 cm³/mol. The maximum Gasteiger partial charge on any atom is 0.242 e. The topological polar surface area (TPSA) is 71.1 Å². The van der Waals surface area contributed by atoms with Crippen molar-refractivity contribution in [3.05, 3.63) is 47.8 Å². The van der Waals surface area contributed by atoms with Crippen LogP contribution in [0.5, 0.6) is 11.5 Å². The molecule has 9 heteroatoms. The molecular formula is C24H29N3O4S2. The summed E-state index contributed by atoms with van der Waals surface area (Å²) in [6, 6.07) is 13.7. The van der Waals surface area contributed by atoms with Crippen molar-refractivity contribution in [3.63, 3.8) is 0 Å². The average molecular weight is 488 g/mol. The smallest absolute Gasteiger partial charge is 0.242 e. The van der Waals surface area contributed by atoms with Crippen LogP contribution in [0.1, 0.15) is 12.8 Å². The van der Waals surface area contributed by atoms with Gasteiger partial charge in [-0.2, -0.15) is 0 Å². The summed E-state index contributed by atoms with van der Waals surface area (Å²) in [5.41, 5.74) is 1.11. The molecule has 33 heavy (non-hydrogen) atoms. The Bertz CT molecular complexity index is 1200. The normalized spacial score (nSPS) is 16.9. The Balaban J connectivity index is 1.06. The van der Waals surface area contributed by atoms with Crippen molar-refractivity contribution in [2.75, 3.05) is 57.4 Å². The van der Waals surface area contributed by atoms with Crippen LogP contribution in [-0.4, -0.2) is 65.8 Å². The van der Waals surface area contributed by atoms with Crippen LogP contribution in [0.4, 0.5) is 5.69 Å². The Hall–Kier alpha value is -2.33. The Labute approximate surface area is 199 Å². The third kappa shape index (κ3) is 4.96. The maximum atomic E-state index is 12.7. The molecule has 3 heterocycles. The van der Waals surface area contributed by atoms with E-state index >= 15 is 0 Å². The summed E-state index contributed by atoms with van der Waals surface area (Å²) < 4.78 is 40.8. The molecule has 1 aromatic heterocycles. The van der Waals surface area contributed by atoms with Crippen LogP contribution in [0.2, 0.25) is 0 Å². The lowest BCUT2D eigenvalue weighted by Gasteiger charge is -2.37. The summed E-state index contributed by atoms with van der Waals surface area (Å²) in [5, 5.41) is 2.53. The number of unbranched alkanes of at least 4 members (excludes halogenated alkanes) is 1. The van der Waals surface area contributed by atoms with E-state index in [4.69, 9.17) is 9.47 Å². The number of thiophene rings is 1. The van der Waals surface area contributed by atoms with Gasteiger partial charge in [-0.25, -0.2) is 13.1 Å². The van der Waals surface area contributed by atoms with Gasteiger partial charge in [-0.15, -0.1) is 11.3 Å². The van der Waals surface area contributed by atoms with Crippen molar-refractivity contribution >= 4 is 37.1 Å². The van der Waals surface area contributed by atoms with E-state index in [1.807, 2.05) is 36.4 Å². The molecule has 1 fully saturated rings. The number of para-hydroxylation sites is 1. The van der Waals surface area contributed by atoms with Crippen molar-refractivity contribution in [3.8, 4) is 11.5 Å². The molecule has 0 spiro atoms. The quantitative estimate of drug-likeness (QED) is 0.490. The fourth-order valence-electron chi connectivity index (χ4n) is 4.43. The molecule has 2 aromatic carbocycles. The number of fused-ring (bicyclic) bond motifs is 2. The summed E-state index contributed by atoms with van der Waals surface area (Å²) in [5.74, 6) is 1.70. The van der Waals surface area contributed by atoms with Crippen LogP contribution in [-0.2, 0) is 10.0 Å². The molecule has 0 saturated carbocycles. The second-order valence-corrected chi connectivity index (χ2v) is 11.0. The van der Waals surface area contributed by atoms with Gasteiger partial charge in [0, 0.05) is 48.2 Å². The second-order valence-electron chi connectivity index (χ2n) is 8.33. The number of piperazine rings is 1. The van der Waals surface area contributed by atoms with E-state index in [-0.39, 0.29) is 0 Å². The summed E-state index contributed by atoms with van der Waals surface area (Å²) in [6.07, 6.45) is 1.78. The molecule has 1 N–H and O–H groups in total. The molecule has 5 rings (SSSR count). The minimum absolute atomic E-state index is 0.386. The first-order valence-corrected chi connectivity index (χ1v) is 13.8. The Morgan fingerprint density at radius 3 is 2.64 bits per heavy atom. The van der Waals surface area contributed by atoms with Gasteiger partial charge in [0.15, 0.2) is 11.5 Å². The van der Waals surface area contributed by atoms with Crippen molar-refractivity contribution in [1.29, 1.82) is 0 Å². The predicted octanol–water partition coefficient (Wildman–Crippen LogP) is 3.55. The molecule has 0 amide bonds. The highest BCUT2D eigenvalue weighted by atomic mass is 32.2. The third-order valence-electron chi connectivity index (χ3n) is 6.19. The highest BCUT2D eigenvalue weighted by Crippen LogP contribution is 2.39. The number of nitrogens with one attached hydrogen (secondary N) is 1. The Morgan fingerprint density at radius 2 is 1.76 bits per heavy atom. The Morgan fingerprint density at radius 1 is 0.939 bits per heavy atom. The maximum absolute atomic E-state index is 12.7. The summed E-state index contributed by atoms with van der Waals surface area (Å²) in [4.78, 5) is 5.20. The van der Waals surface area contributed by atoms with Crippen LogP contribution in [0, 0.1) is 0 Å². The zero-order chi connectivity index (χ0) is 22.7. The number of anilines is 1. The average Bonchev–Trinajstić information content (AvgIpc) is 3.29. The van der Waals surface area contributed by atoms with E-state index in [1.165, 1.54) is 11.3 Å². The Kier molecular flexibility index (Phi) is 6.73. The molecule has 2 aliphatic heterocycles. The number of ether oxygens (including phenoxy) is 2. The molecule has 0 unspecified atom stereocenters. The number of benzene rings is 2. The zero-order valence-electron chi connectivity index (χ0n) is 18.5. The molecule has 0 bridgehead atoms. The second kappa shape index (κ2) is 9.89. The first kappa shape index (κ1) is 22.5. The number of nitrogens with zero attached hydrogens (tertiary/aromatic N) is 2. The highest BCUT2D eigenvalue weighted by Gasteiger charge is 2.23. The molecule has 7 nitrogen and oxygen atoms in total. The van der Waals surface area contributed by atoms with Gasteiger partial charge >= 0.3 is 0 Å². The fourth-order valence-corrected chi connectivity index (χ4v) is 7.00. The van der Waals surface area contributed by atoms with Crippen molar-refractivity contribution in [2.24, 2.45) is 0 Å². The van der Waals surface area contributed by atoms with Gasteiger partial charge in [0.1, 0.15) is 18.1 Å². The lowest BCUT2D eigenvalue weighted by molar-refractivity contribution is 0.171. The van der Waals surface area contributed by atoms with Crippen LogP contribution in [0.25, 0.3) is 10.1 Å². The molecule has 1 saturated heterocycles. The van der Waals surface area contributed by atoms with Gasteiger partial charge in [-0.05, 0) is 37.6 Å². The standard InChI is InChI=1S/C24H29N3O4S2/c28-33(29,23-18-32-22-9-2-1-6-19(22)23)25-10-3-4-11-26-12-14-27(15-13-26)20-7-5-8-21-24(20)31-17-16-30-21/h1-2,5-9,18,25H,3-4,10-17H2. The number of hydrogen-bond donors (Lipinski definition) is 1. The molecule has 2 aliphatic rings. The largest absolute Gasteiger partial charge is 0.486 e. The lowest BCUT2D eigenvalue weighted by Crippen LogP contribution is -2.46. The SMILES string of the molecule is O=S(=O)(NCCCCN1CCN(c2cccc3c2OCCO3)CC1)c1csc2ccccc12. The van der Waals surface area contributed by atoms with Gasteiger partial charge in [0.2, 0.25) is 10.0 Å². The van der Waals surface area contributed by atoms with Gasteiger partial charge in [-0.3, -0.25) is 4.90 Å². The van der Waals surface area contributed by atoms with Crippen LogP contribution in [0.15, 0.2) is 52.7 Å². The number of hydrogen-bond acceptors (Lipinski definition) is 7. The molecular weight excluding hydrogens is 458 g/mol. The molecule has 176 valence electrons. The van der Waals surface area contributed by atoms with Gasteiger partial charge in [0.05, 0.1) is 5.69 Å². The van der Waals surface area contributed by atoms with Crippen LogP contribution in [0.3, 0.4) is 0 Å². The lowest BCUT2D eigenvalue weighted by atomic mass is 10.2. The monoisotopic (exact) mass is 487 g/mol. The van der Waals surface area contributed by atoms with Gasteiger partial charge < -0.3 is 14.4 Å². The van der Waals surface area contributed by atoms with Crippen LogP contribution >= 0.6 is 11.3 Å². The van der Waals surface area contributed by atoms with Crippen LogP contribution < -0.4 is 19.1 Å². The highest BCUT2D eigenvalue weighted by molar-refractivity contribution is 7.90. The third-order valence-corrected chi connectivity index (χ3v) is 8.80. The van der Waals surface area contributed by atoms with E-state index in [1.54, 1.807) is 5.38 Å². The van der Waals surface area contributed by atoms with E-state index < -0.39 is 10.0 Å². The summed E-state index contributed by atoms with van der Waals surface area (Å²) in [6.45, 7) is 6.48. The van der Waals surface area contributed by atoms with Gasteiger partial charge in [0.25, 0.3) is 0 Å². The van der Waals surface area contributed by atoms with E-state index in [0.717, 1.165) is 72.8 Å². The van der Waals surface area contributed by atoms with Crippen molar-refractivity contribution < 1.29 is 17.9 Å². The fraction of sp³-hybridized carbons (Fsp3) is 0.417. The first-order chi connectivity index (χ1) is 16.1. The minimum atomic E-state index is -3.48. The van der Waals surface area contributed by atoms with E-state index in [9.17, 15) is 8.42 Å². The zero-order valence-corrected chi connectivity index (χ0v) is 20.2. The molecule has 0 atom stereocenters. The molecule has 0 aliphatic carbocycles. The van der Waals surface area contributed by atoms with Crippen molar-refractivity contribution in [1.82, 2.24) is 9.62 Å². The number of rotatable bonds is 8. The first-order valence-electron chi connectivity index (χ1n) is 11.4. The number of sulfonamides is 1. The van der Waals surface area contributed by atoms with Crippen molar-refractivity contribution in [2.45, 2.75) is 17.7 Å². The summed E-state index contributed by atoms with van der Waals surface area (Å²) >= 11 is 1.46. The molecule has 0 radical (unpaired) electrons.